The number of ether oxygens (including phenoxy) is 1. The Labute approximate surface area is 91.0 Å². The van der Waals surface area contributed by atoms with Gasteiger partial charge in [-0.3, -0.25) is 14.9 Å². The Morgan fingerprint density at radius 3 is 2.62 bits per heavy atom. The molecule has 0 amide bonds. The molecule has 0 heterocycles. The topological polar surface area (TPSA) is 69.4 Å². The molecule has 0 fully saturated rings. The number of non-ortho nitro benzene ring substituents is 1. The molecule has 0 spiro atoms. The molecular formula is C10H10FNO4. The largest absolute Gasteiger partial charge is 0.493 e. The van der Waals surface area contributed by atoms with Crippen LogP contribution in [0.3, 0.4) is 0 Å². The minimum Gasteiger partial charge on any atom is -0.493 e. The normalized spacial score (nSPS) is 9.94. The van der Waals surface area contributed by atoms with Crippen molar-refractivity contribution in [3.05, 3.63) is 33.6 Å². The molecule has 5 nitrogen and oxygen atoms in total. The molecule has 0 aliphatic heterocycles. The second-order valence-corrected chi connectivity index (χ2v) is 3.05. The van der Waals surface area contributed by atoms with Crippen molar-refractivity contribution in [2.24, 2.45) is 0 Å². The van der Waals surface area contributed by atoms with Crippen LogP contribution in [0, 0.1) is 15.9 Å². The van der Waals surface area contributed by atoms with Gasteiger partial charge in [-0.2, -0.15) is 0 Å². The van der Waals surface area contributed by atoms with Crippen LogP contribution in [-0.2, 0) is 0 Å². The van der Waals surface area contributed by atoms with E-state index in [1.807, 2.05) is 0 Å². The van der Waals surface area contributed by atoms with Gasteiger partial charge in [0, 0.05) is 0 Å². The van der Waals surface area contributed by atoms with Crippen molar-refractivity contribution in [1.29, 1.82) is 0 Å². The number of halogens is 1. The monoisotopic (exact) mass is 227 g/mol. The van der Waals surface area contributed by atoms with E-state index in [9.17, 15) is 19.3 Å². The predicted molar refractivity (Wildman–Crippen MR) is 54.2 cm³/mol. The highest BCUT2D eigenvalue weighted by Gasteiger charge is 2.20. The van der Waals surface area contributed by atoms with E-state index in [1.54, 1.807) is 6.92 Å². The first-order valence-corrected chi connectivity index (χ1v) is 4.59. The maximum atomic E-state index is 13.4. The number of benzene rings is 1. The third-order valence-electron chi connectivity index (χ3n) is 1.90. The number of carbonyl (C=O) groups excluding carboxylic acids is 1. The van der Waals surface area contributed by atoms with E-state index in [1.165, 1.54) is 6.92 Å². The van der Waals surface area contributed by atoms with E-state index in [4.69, 9.17) is 4.74 Å². The van der Waals surface area contributed by atoms with Crippen LogP contribution in [0.15, 0.2) is 12.1 Å². The van der Waals surface area contributed by atoms with Crippen molar-refractivity contribution in [2.75, 3.05) is 6.61 Å². The third kappa shape index (κ3) is 2.33. The second-order valence-electron chi connectivity index (χ2n) is 3.05. The fourth-order valence-electron chi connectivity index (χ4n) is 1.28. The van der Waals surface area contributed by atoms with Gasteiger partial charge >= 0.3 is 0 Å². The van der Waals surface area contributed by atoms with Gasteiger partial charge in [0.05, 0.1) is 29.2 Å². The third-order valence-corrected chi connectivity index (χ3v) is 1.90. The standard InChI is InChI=1S/C10H10FNO4/c1-3-16-9-5-7(12(14)15)4-8(11)10(9)6(2)13/h4-5H,3H2,1-2H3. The first-order valence-electron chi connectivity index (χ1n) is 4.59. The number of carbonyl (C=O) groups is 1. The molecule has 0 bridgehead atoms. The average molecular weight is 227 g/mol. The second kappa shape index (κ2) is 4.69. The summed E-state index contributed by atoms with van der Waals surface area (Å²) in [6, 6.07) is 1.75. The number of rotatable bonds is 4. The van der Waals surface area contributed by atoms with Gasteiger partial charge in [0.1, 0.15) is 11.6 Å². The van der Waals surface area contributed by atoms with E-state index in [2.05, 4.69) is 0 Å². The molecule has 86 valence electrons. The Balaban J connectivity index is 3.38. The summed E-state index contributed by atoms with van der Waals surface area (Å²) < 4.78 is 18.4. The van der Waals surface area contributed by atoms with Crippen LogP contribution in [0.2, 0.25) is 0 Å². The van der Waals surface area contributed by atoms with E-state index in [-0.39, 0.29) is 17.9 Å². The Morgan fingerprint density at radius 2 is 2.19 bits per heavy atom. The summed E-state index contributed by atoms with van der Waals surface area (Å²) in [5.74, 6) is -1.57. The lowest BCUT2D eigenvalue weighted by Crippen LogP contribution is -2.05. The lowest BCUT2D eigenvalue weighted by atomic mass is 10.1. The summed E-state index contributed by atoms with van der Waals surface area (Å²) in [4.78, 5) is 20.9. The van der Waals surface area contributed by atoms with E-state index < -0.39 is 22.2 Å². The zero-order valence-corrected chi connectivity index (χ0v) is 8.82. The minimum absolute atomic E-state index is 0.0956. The molecule has 6 heteroatoms. The fraction of sp³-hybridized carbons (Fsp3) is 0.300. The number of hydrogen-bond acceptors (Lipinski definition) is 4. The van der Waals surface area contributed by atoms with E-state index >= 15 is 0 Å². The number of nitro benzene ring substituents is 1. The van der Waals surface area contributed by atoms with Crippen LogP contribution in [0.4, 0.5) is 10.1 Å². The van der Waals surface area contributed by atoms with Crippen molar-refractivity contribution in [2.45, 2.75) is 13.8 Å². The molecule has 0 radical (unpaired) electrons. The molecular weight excluding hydrogens is 217 g/mol. The summed E-state index contributed by atoms with van der Waals surface area (Å²) >= 11 is 0. The fourth-order valence-corrected chi connectivity index (χ4v) is 1.28. The van der Waals surface area contributed by atoms with Gasteiger partial charge in [0.15, 0.2) is 5.78 Å². The van der Waals surface area contributed by atoms with Crippen LogP contribution in [-0.4, -0.2) is 17.3 Å². The molecule has 0 aromatic heterocycles. The molecule has 0 N–H and O–H groups in total. The summed E-state index contributed by atoms with van der Waals surface area (Å²) in [7, 11) is 0. The van der Waals surface area contributed by atoms with Gasteiger partial charge < -0.3 is 4.74 Å². The molecule has 0 saturated heterocycles. The van der Waals surface area contributed by atoms with Gasteiger partial charge in [-0.25, -0.2) is 4.39 Å². The minimum atomic E-state index is -0.940. The Bertz CT molecular complexity index is 445. The zero-order valence-electron chi connectivity index (χ0n) is 8.82. The highest BCUT2D eigenvalue weighted by Crippen LogP contribution is 2.28. The number of hydrogen-bond donors (Lipinski definition) is 0. The summed E-state index contributed by atoms with van der Waals surface area (Å²) in [5.41, 5.74) is -0.696. The average Bonchev–Trinajstić information content (AvgIpc) is 2.16. The smallest absolute Gasteiger partial charge is 0.276 e. The molecule has 0 saturated carbocycles. The highest BCUT2D eigenvalue weighted by atomic mass is 19.1. The maximum Gasteiger partial charge on any atom is 0.276 e. The van der Waals surface area contributed by atoms with Crippen LogP contribution in [0.5, 0.6) is 5.75 Å². The molecule has 0 atom stereocenters. The molecule has 1 rings (SSSR count). The molecule has 0 aliphatic carbocycles. The Hall–Kier alpha value is -1.98. The van der Waals surface area contributed by atoms with Gasteiger partial charge in [-0.15, -0.1) is 0 Å². The summed E-state index contributed by atoms with van der Waals surface area (Å²) in [5, 5.41) is 10.5. The molecule has 0 unspecified atom stereocenters. The van der Waals surface area contributed by atoms with Crippen molar-refractivity contribution in [3.63, 3.8) is 0 Å². The lowest BCUT2D eigenvalue weighted by Gasteiger charge is -2.08. The van der Waals surface area contributed by atoms with Crippen molar-refractivity contribution in [1.82, 2.24) is 0 Å². The quantitative estimate of drug-likeness (QED) is 0.449. The van der Waals surface area contributed by atoms with Crippen molar-refractivity contribution in [3.8, 4) is 5.75 Å². The Kier molecular flexibility index (Phi) is 3.55. The van der Waals surface area contributed by atoms with Gasteiger partial charge in [0.2, 0.25) is 0 Å². The number of nitrogens with zero attached hydrogens (tertiary/aromatic N) is 1. The van der Waals surface area contributed by atoms with E-state index in [0.717, 1.165) is 6.07 Å². The first kappa shape index (κ1) is 12.1. The molecule has 0 aliphatic rings. The van der Waals surface area contributed by atoms with Gasteiger partial charge in [-0.05, 0) is 13.8 Å². The van der Waals surface area contributed by atoms with Gasteiger partial charge in [0.25, 0.3) is 5.69 Å². The number of Topliss-reactive ketones (excluding diaryl/α,β-unsaturated/α-hetero) is 1. The summed E-state index contributed by atoms with van der Waals surface area (Å²) in [6.07, 6.45) is 0. The van der Waals surface area contributed by atoms with Crippen LogP contribution < -0.4 is 4.74 Å². The maximum absolute atomic E-state index is 13.4. The summed E-state index contributed by atoms with van der Waals surface area (Å²) in [6.45, 7) is 3.01. The molecule has 16 heavy (non-hydrogen) atoms. The SMILES string of the molecule is CCOc1cc([N+](=O)[O-])cc(F)c1C(C)=O. The lowest BCUT2D eigenvalue weighted by molar-refractivity contribution is -0.385. The van der Waals surface area contributed by atoms with Crippen LogP contribution >= 0.6 is 0 Å². The Morgan fingerprint density at radius 1 is 1.56 bits per heavy atom. The van der Waals surface area contributed by atoms with Gasteiger partial charge in [-0.1, -0.05) is 0 Å². The predicted octanol–water partition coefficient (Wildman–Crippen LogP) is 2.34. The van der Waals surface area contributed by atoms with Crippen molar-refractivity contribution >= 4 is 11.5 Å². The number of ketones is 1. The molecule has 1 aromatic carbocycles. The highest BCUT2D eigenvalue weighted by molar-refractivity contribution is 5.97. The zero-order chi connectivity index (χ0) is 12.3. The molecule has 1 aromatic rings. The number of nitro groups is 1. The first-order chi connectivity index (χ1) is 7.47. The van der Waals surface area contributed by atoms with Crippen LogP contribution in [0.1, 0.15) is 24.2 Å². The van der Waals surface area contributed by atoms with E-state index in [0.29, 0.717) is 6.07 Å². The van der Waals surface area contributed by atoms with Crippen molar-refractivity contribution < 1.29 is 18.8 Å². The van der Waals surface area contributed by atoms with Crippen LogP contribution in [0.25, 0.3) is 0 Å².